The van der Waals surface area contributed by atoms with Crippen molar-refractivity contribution in [1.82, 2.24) is 5.16 Å². The Morgan fingerprint density at radius 2 is 2.29 bits per heavy atom. The van der Waals surface area contributed by atoms with E-state index in [1.54, 1.807) is 18.2 Å². The standard InChI is InChI=1S/C11H11NO2/c1-3-5-6-10(13)9(4-2)11-7-8-12-14-11/h3-8,13H,1-2H2/b6-5-,10-9-. The van der Waals surface area contributed by atoms with Crippen molar-refractivity contribution in [2.45, 2.75) is 0 Å². The molecule has 0 radical (unpaired) electrons. The van der Waals surface area contributed by atoms with Crippen molar-refractivity contribution >= 4 is 5.57 Å². The Kier molecular flexibility index (Phi) is 3.49. The van der Waals surface area contributed by atoms with E-state index in [1.807, 2.05) is 0 Å². The predicted molar refractivity (Wildman–Crippen MR) is 55.6 cm³/mol. The summed E-state index contributed by atoms with van der Waals surface area (Å²) in [6, 6.07) is 1.65. The highest BCUT2D eigenvalue weighted by molar-refractivity contribution is 5.73. The fourth-order valence-electron chi connectivity index (χ4n) is 0.935. The summed E-state index contributed by atoms with van der Waals surface area (Å²) in [6.45, 7) is 7.08. The van der Waals surface area contributed by atoms with Crippen LogP contribution in [0.2, 0.25) is 0 Å². The summed E-state index contributed by atoms with van der Waals surface area (Å²) >= 11 is 0. The lowest BCUT2D eigenvalue weighted by atomic mass is 10.1. The van der Waals surface area contributed by atoms with E-state index in [2.05, 4.69) is 18.3 Å². The number of rotatable bonds is 4. The van der Waals surface area contributed by atoms with E-state index < -0.39 is 0 Å². The van der Waals surface area contributed by atoms with Crippen LogP contribution in [0.15, 0.2) is 60.0 Å². The molecule has 0 aromatic carbocycles. The fraction of sp³-hybridized carbons (Fsp3) is 0. The van der Waals surface area contributed by atoms with Gasteiger partial charge >= 0.3 is 0 Å². The quantitative estimate of drug-likeness (QED) is 0.585. The maximum atomic E-state index is 9.60. The monoisotopic (exact) mass is 189 g/mol. The molecule has 0 amide bonds. The second-order valence-electron chi connectivity index (χ2n) is 2.47. The third kappa shape index (κ3) is 2.23. The summed E-state index contributed by atoms with van der Waals surface area (Å²) < 4.78 is 4.89. The molecule has 0 saturated carbocycles. The second-order valence-corrected chi connectivity index (χ2v) is 2.47. The molecule has 0 aliphatic heterocycles. The van der Waals surface area contributed by atoms with E-state index in [4.69, 9.17) is 4.52 Å². The molecular formula is C11H11NO2. The van der Waals surface area contributed by atoms with Gasteiger partial charge in [0.2, 0.25) is 0 Å². The van der Waals surface area contributed by atoms with Crippen molar-refractivity contribution < 1.29 is 9.63 Å². The highest BCUT2D eigenvalue weighted by Gasteiger charge is 2.05. The third-order valence-electron chi connectivity index (χ3n) is 1.57. The minimum absolute atomic E-state index is 0.0663. The minimum Gasteiger partial charge on any atom is -0.507 e. The molecule has 3 nitrogen and oxygen atoms in total. The van der Waals surface area contributed by atoms with Crippen LogP contribution in [0.3, 0.4) is 0 Å². The van der Waals surface area contributed by atoms with Gasteiger partial charge in [0.15, 0.2) is 5.76 Å². The van der Waals surface area contributed by atoms with Crippen LogP contribution < -0.4 is 0 Å². The lowest BCUT2D eigenvalue weighted by molar-refractivity contribution is 0.402. The first-order chi connectivity index (χ1) is 6.79. The lowest BCUT2D eigenvalue weighted by Crippen LogP contribution is -1.83. The fourth-order valence-corrected chi connectivity index (χ4v) is 0.935. The van der Waals surface area contributed by atoms with Gasteiger partial charge in [-0.3, -0.25) is 0 Å². The number of aromatic nitrogens is 1. The molecule has 0 atom stereocenters. The van der Waals surface area contributed by atoms with Crippen LogP contribution in [-0.2, 0) is 0 Å². The molecule has 0 aliphatic carbocycles. The van der Waals surface area contributed by atoms with E-state index in [9.17, 15) is 5.11 Å². The lowest BCUT2D eigenvalue weighted by Gasteiger charge is -1.97. The molecule has 1 aromatic rings. The van der Waals surface area contributed by atoms with Crippen LogP contribution >= 0.6 is 0 Å². The Morgan fingerprint density at radius 1 is 1.50 bits per heavy atom. The maximum absolute atomic E-state index is 9.60. The van der Waals surface area contributed by atoms with Gasteiger partial charge in [0.05, 0.1) is 11.8 Å². The highest BCUT2D eigenvalue weighted by Crippen LogP contribution is 2.18. The van der Waals surface area contributed by atoms with Crippen LogP contribution in [0.1, 0.15) is 5.76 Å². The van der Waals surface area contributed by atoms with Crippen molar-refractivity contribution in [1.29, 1.82) is 0 Å². The van der Waals surface area contributed by atoms with Crippen LogP contribution in [0.25, 0.3) is 5.57 Å². The van der Waals surface area contributed by atoms with Gasteiger partial charge in [0.25, 0.3) is 0 Å². The molecule has 0 unspecified atom stereocenters. The van der Waals surface area contributed by atoms with Gasteiger partial charge in [-0.25, -0.2) is 0 Å². The first-order valence-corrected chi connectivity index (χ1v) is 4.05. The zero-order valence-corrected chi connectivity index (χ0v) is 7.68. The van der Waals surface area contributed by atoms with E-state index in [0.717, 1.165) is 0 Å². The molecule has 72 valence electrons. The molecular weight excluding hydrogens is 178 g/mol. The zero-order chi connectivity index (χ0) is 10.4. The Balaban J connectivity index is 3.06. The van der Waals surface area contributed by atoms with Gasteiger partial charge in [-0.05, 0) is 6.08 Å². The first-order valence-electron chi connectivity index (χ1n) is 4.05. The van der Waals surface area contributed by atoms with Crippen molar-refractivity contribution in [3.8, 4) is 0 Å². The Hall–Kier alpha value is -2.03. The number of allylic oxidation sites excluding steroid dienone is 5. The Morgan fingerprint density at radius 3 is 2.79 bits per heavy atom. The van der Waals surface area contributed by atoms with Gasteiger partial charge in [-0.1, -0.05) is 36.5 Å². The summed E-state index contributed by atoms with van der Waals surface area (Å²) in [5.74, 6) is 0.544. The molecule has 1 aromatic heterocycles. The van der Waals surface area contributed by atoms with Crippen molar-refractivity contribution in [2.75, 3.05) is 0 Å². The largest absolute Gasteiger partial charge is 0.507 e. The average molecular weight is 189 g/mol. The maximum Gasteiger partial charge on any atom is 0.170 e. The molecule has 3 heteroatoms. The molecule has 1 N–H and O–H groups in total. The van der Waals surface area contributed by atoms with Gasteiger partial charge in [0.1, 0.15) is 5.76 Å². The molecule has 1 heterocycles. The van der Waals surface area contributed by atoms with Crippen LogP contribution in [-0.4, -0.2) is 10.3 Å². The third-order valence-corrected chi connectivity index (χ3v) is 1.57. The van der Waals surface area contributed by atoms with E-state index in [1.165, 1.54) is 18.3 Å². The van der Waals surface area contributed by atoms with Crippen molar-refractivity contribution in [3.05, 3.63) is 61.2 Å². The number of hydrogen-bond acceptors (Lipinski definition) is 3. The molecule has 14 heavy (non-hydrogen) atoms. The van der Waals surface area contributed by atoms with E-state index in [-0.39, 0.29) is 5.76 Å². The molecule has 0 spiro atoms. The minimum atomic E-state index is 0.0663. The van der Waals surface area contributed by atoms with Gasteiger partial charge in [-0.15, -0.1) is 0 Å². The van der Waals surface area contributed by atoms with Gasteiger partial charge < -0.3 is 9.63 Å². The highest BCUT2D eigenvalue weighted by atomic mass is 16.5. The summed E-state index contributed by atoms with van der Waals surface area (Å²) in [6.07, 6.45) is 7.70. The Bertz CT molecular complexity index is 372. The van der Waals surface area contributed by atoms with Gasteiger partial charge in [0, 0.05) is 6.07 Å². The smallest absolute Gasteiger partial charge is 0.170 e. The SMILES string of the molecule is C=C/C=C\C(O)=C(/C=C)c1ccno1. The van der Waals surface area contributed by atoms with Crippen molar-refractivity contribution in [3.63, 3.8) is 0 Å². The number of hydrogen-bond donors (Lipinski definition) is 1. The number of aliphatic hydroxyl groups is 1. The Labute approximate surface area is 82.4 Å². The zero-order valence-electron chi connectivity index (χ0n) is 7.68. The second kappa shape index (κ2) is 4.87. The van der Waals surface area contributed by atoms with Gasteiger partial charge in [-0.2, -0.15) is 0 Å². The van der Waals surface area contributed by atoms with Crippen LogP contribution in [0, 0.1) is 0 Å². The number of nitrogens with zero attached hydrogens (tertiary/aromatic N) is 1. The normalized spacial score (nSPS) is 12.6. The summed E-state index contributed by atoms with van der Waals surface area (Å²) in [4.78, 5) is 0. The number of aliphatic hydroxyl groups excluding tert-OH is 1. The summed E-state index contributed by atoms with van der Waals surface area (Å²) in [5, 5.41) is 13.1. The molecule has 0 bridgehead atoms. The first kappa shape index (κ1) is 10.1. The average Bonchev–Trinajstić information content (AvgIpc) is 2.69. The summed E-state index contributed by atoms with van der Waals surface area (Å²) in [5.41, 5.74) is 0.501. The molecule has 1 rings (SSSR count). The topological polar surface area (TPSA) is 46.3 Å². The van der Waals surface area contributed by atoms with Crippen LogP contribution in [0.4, 0.5) is 0 Å². The van der Waals surface area contributed by atoms with E-state index >= 15 is 0 Å². The summed E-state index contributed by atoms with van der Waals surface area (Å²) in [7, 11) is 0. The molecule has 0 aliphatic rings. The van der Waals surface area contributed by atoms with E-state index in [0.29, 0.717) is 11.3 Å². The van der Waals surface area contributed by atoms with Crippen molar-refractivity contribution in [2.24, 2.45) is 0 Å². The van der Waals surface area contributed by atoms with Crippen LogP contribution in [0.5, 0.6) is 0 Å². The predicted octanol–water partition coefficient (Wildman–Crippen LogP) is 2.87. The molecule has 0 saturated heterocycles. The molecule has 0 fully saturated rings.